The molecular weight excluding hydrogens is 339 g/mol. The lowest BCUT2D eigenvalue weighted by Gasteiger charge is -2.21. The Balaban J connectivity index is 2.44. The van der Waals surface area contributed by atoms with Crippen molar-refractivity contribution < 1.29 is 0 Å². The molecule has 0 spiro atoms. The molecular formula is C17H11Cl3N2. The summed E-state index contributed by atoms with van der Waals surface area (Å²) < 4.78 is 0. The van der Waals surface area contributed by atoms with Gasteiger partial charge in [-0.3, -0.25) is 0 Å². The van der Waals surface area contributed by atoms with E-state index in [1.807, 2.05) is 12.1 Å². The molecule has 0 aliphatic heterocycles. The third-order valence-corrected chi connectivity index (χ3v) is 4.44. The van der Waals surface area contributed by atoms with E-state index in [0.717, 1.165) is 11.1 Å². The number of halogens is 3. The molecule has 0 radical (unpaired) electrons. The van der Waals surface area contributed by atoms with Crippen molar-refractivity contribution in [3.05, 3.63) is 68.7 Å². The number of hydrogen-bond donors (Lipinski definition) is 0. The molecule has 0 heterocycles. The predicted octanol–water partition coefficient (Wildman–Crippen LogP) is 5.95. The van der Waals surface area contributed by atoms with Gasteiger partial charge in [-0.25, -0.2) is 0 Å². The number of benzene rings is 2. The lowest BCUT2D eigenvalue weighted by Crippen LogP contribution is -2.10. The van der Waals surface area contributed by atoms with Gasteiger partial charge in [0.2, 0.25) is 0 Å². The van der Waals surface area contributed by atoms with Crippen LogP contribution in [0.5, 0.6) is 0 Å². The van der Waals surface area contributed by atoms with Crippen LogP contribution < -0.4 is 0 Å². The molecule has 110 valence electrons. The molecule has 0 bridgehead atoms. The summed E-state index contributed by atoms with van der Waals surface area (Å²) in [5, 5.41) is 20.1. The van der Waals surface area contributed by atoms with Gasteiger partial charge in [-0.1, -0.05) is 53.0 Å². The summed E-state index contributed by atoms with van der Waals surface area (Å²) in [7, 11) is 0. The van der Waals surface area contributed by atoms with Gasteiger partial charge >= 0.3 is 0 Å². The second kappa shape index (κ2) is 7.52. The highest BCUT2D eigenvalue weighted by Crippen LogP contribution is 2.37. The van der Waals surface area contributed by atoms with E-state index in [0.29, 0.717) is 15.1 Å². The molecule has 0 amide bonds. The molecule has 0 fully saturated rings. The van der Waals surface area contributed by atoms with Gasteiger partial charge in [-0.15, -0.1) is 0 Å². The van der Waals surface area contributed by atoms with Crippen LogP contribution in [0.25, 0.3) is 0 Å². The van der Waals surface area contributed by atoms with Gasteiger partial charge < -0.3 is 0 Å². The maximum absolute atomic E-state index is 9.59. The molecule has 2 unspecified atom stereocenters. The van der Waals surface area contributed by atoms with E-state index in [1.165, 1.54) is 0 Å². The zero-order chi connectivity index (χ0) is 16.1. The molecule has 2 rings (SSSR count). The third-order valence-electron chi connectivity index (χ3n) is 3.45. The van der Waals surface area contributed by atoms with Crippen LogP contribution in [0, 0.1) is 22.7 Å². The monoisotopic (exact) mass is 348 g/mol. The fourth-order valence-electron chi connectivity index (χ4n) is 2.34. The molecule has 5 heteroatoms. The molecule has 0 aromatic heterocycles. The van der Waals surface area contributed by atoms with Crippen LogP contribution in [0.3, 0.4) is 0 Å². The van der Waals surface area contributed by atoms with Crippen LogP contribution in [-0.4, -0.2) is 0 Å². The van der Waals surface area contributed by atoms with Crippen LogP contribution in [-0.2, 0) is 0 Å². The van der Waals surface area contributed by atoms with Gasteiger partial charge in [-0.05, 0) is 35.4 Å². The van der Waals surface area contributed by atoms with E-state index in [2.05, 4.69) is 12.1 Å². The summed E-state index contributed by atoms with van der Waals surface area (Å²) in [4.78, 5) is 0. The fraction of sp³-hybridized carbons (Fsp3) is 0.176. The average Bonchev–Trinajstić information content (AvgIpc) is 2.51. The number of rotatable bonds is 4. The zero-order valence-electron chi connectivity index (χ0n) is 11.4. The Hall–Kier alpha value is -1.71. The van der Waals surface area contributed by atoms with E-state index in [1.54, 1.807) is 30.3 Å². The van der Waals surface area contributed by atoms with Crippen LogP contribution in [0.4, 0.5) is 0 Å². The van der Waals surface area contributed by atoms with Crippen molar-refractivity contribution >= 4 is 34.8 Å². The van der Waals surface area contributed by atoms with Crippen molar-refractivity contribution in [1.82, 2.24) is 0 Å². The average molecular weight is 350 g/mol. The Kier molecular flexibility index (Phi) is 5.69. The first-order valence-corrected chi connectivity index (χ1v) is 7.67. The van der Waals surface area contributed by atoms with Crippen molar-refractivity contribution in [3.63, 3.8) is 0 Å². The van der Waals surface area contributed by atoms with Crippen molar-refractivity contribution in [2.24, 2.45) is 0 Å². The summed E-state index contributed by atoms with van der Waals surface area (Å²) in [6.07, 6.45) is 0.222. The fourth-order valence-corrected chi connectivity index (χ4v) is 2.77. The van der Waals surface area contributed by atoms with Crippen LogP contribution in [0.2, 0.25) is 15.1 Å². The topological polar surface area (TPSA) is 47.6 Å². The summed E-state index contributed by atoms with van der Waals surface area (Å²) in [5.74, 6) is -0.750. The summed E-state index contributed by atoms with van der Waals surface area (Å²) in [5.41, 5.74) is 1.63. The zero-order valence-corrected chi connectivity index (χ0v) is 13.7. The molecule has 0 N–H and O–H groups in total. The highest BCUT2D eigenvalue weighted by Gasteiger charge is 2.25. The second-order valence-corrected chi connectivity index (χ2v) is 6.05. The molecule has 2 aromatic rings. The normalized spacial score (nSPS) is 13.0. The molecule has 0 aliphatic carbocycles. The lowest BCUT2D eigenvalue weighted by molar-refractivity contribution is 0.641. The summed E-state index contributed by atoms with van der Waals surface area (Å²) >= 11 is 17.9. The third kappa shape index (κ3) is 3.73. The van der Waals surface area contributed by atoms with Crippen molar-refractivity contribution in [3.8, 4) is 12.1 Å². The maximum atomic E-state index is 9.59. The summed E-state index contributed by atoms with van der Waals surface area (Å²) in [6.45, 7) is 0. The van der Waals surface area contributed by atoms with Crippen LogP contribution in [0.15, 0.2) is 42.5 Å². The Morgan fingerprint density at radius 1 is 0.864 bits per heavy atom. The minimum Gasteiger partial charge on any atom is -0.198 e. The van der Waals surface area contributed by atoms with Gasteiger partial charge in [0, 0.05) is 17.4 Å². The van der Waals surface area contributed by atoms with E-state index < -0.39 is 5.92 Å². The first-order chi connectivity index (χ1) is 10.6. The van der Waals surface area contributed by atoms with Gasteiger partial charge in [-0.2, -0.15) is 10.5 Å². The van der Waals surface area contributed by atoms with Crippen LogP contribution in [0.1, 0.15) is 29.4 Å². The molecule has 2 atom stereocenters. The summed E-state index contributed by atoms with van der Waals surface area (Å²) in [6, 6.07) is 16.7. The van der Waals surface area contributed by atoms with Crippen LogP contribution >= 0.6 is 34.8 Å². The smallest absolute Gasteiger partial charge is 0.0791 e. The van der Waals surface area contributed by atoms with E-state index >= 15 is 0 Å². The van der Waals surface area contributed by atoms with Crippen molar-refractivity contribution in [1.29, 1.82) is 10.5 Å². The Morgan fingerprint density at radius 3 is 2.05 bits per heavy atom. The minimum absolute atomic E-state index is 0.222. The number of hydrogen-bond acceptors (Lipinski definition) is 2. The van der Waals surface area contributed by atoms with E-state index in [-0.39, 0.29) is 12.3 Å². The lowest BCUT2D eigenvalue weighted by atomic mass is 9.80. The molecule has 0 aliphatic rings. The SMILES string of the molecule is N#CCC(c1ccc(Cl)cc1)C(C#N)c1ccc(Cl)c(Cl)c1. The number of nitriles is 2. The van der Waals surface area contributed by atoms with Gasteiger partial charge in [0.25, 0.3) is 0 Å². The van der Waals surface area contributed by atoms with E-state index in [9.17, 15) is 5.26 Å². The molecule has 0 saturated carbocycles. The largest absolute Gasteiger partial charge is 0.198 e. The van der Waals surface area contributed by atoms with E-state index in [4.69, 9.17) is 40.1 Å². The van der Waals surface area contributed by atoms with Gasteiger partial charge in [0.15, 0.2) is 0 Å². The second-order valence-electron chi connectivity index (χ2n) is 4.80. The Labute approximate surface area is 144 Å². The maximum Gasteiger partial charge on any atom is 0.0791 e. The molecule has 0 saturated heterocycles. The molecule has 2 aromatic carbocycles. The first-order valence-electron chi connectivity index (χ1n) is 6.53. The minimum atomic E-state index is -0.490. The van der Waals surface area contributed by atoms with Crippen molar-refractivity contribution in [2.45, 2.75) is 18.3 Å². The Morgan fingerprint density at radius 2 is 1.50 bits per heavy atom. The molecule has 22 heavy (non-hydrogen) atoms. The highest BCUT2D eigenvalue weighted by molar-refractivity contribution is 6.42. The first kappa shape index (κ1) is 16.7. The number of nitrogens with zero attached hydrogens (tertiary/aromatic N) is 2. The highest BCUT2D eigenvalue weighted by atomic mass is 35.5. The van der Waals surface area contributed by atoms with Crippen molar-refractivity contribution in [2.75, 3.05) is 0 Å². The van der Waals surface area contributed by atoms with Gasteiger partial charge in [0.1, 0.15) is 0 Å². The quantitative estimate of drug-likeness (QED) is 0.684. The Bertz CT molecular complexity index is 742. The predicted molar refractivity (Wildman–Crippen MR) is 89.2 cm³/mol. The molecule has 2 nitrogen and oxygen atoms in total. The van der Waals surface area contributed by atoms with Gasteiger partial charge in [0.05, 0.1) is 28.1 Å². The standard InChI is InChI=1S/C17H11Cl3N2/c18-13-4-1-11(2-5-13)14(7-8-21)15(10-22)12-3-6-16(19)17(20)9-12/h1-6,9,14-15H,7H2.